The number of thiophene rings is 1. The van der Waals surface area contributed by atoms with Crippen LogP contribution in [0.25, 0.3) is 0 Å². The molecule has 0 aliphatic carbocycles. The van der Waals surface area contributed by atoms with Crippen LogP contribution in [0, 0.1) is 0 Å². The van der Waals surface area contributed by atoms with Gasteiger partial charge in [0.15, 0.2) is 0 Å². The fourth-order valence-corrected chi connectivity index (χ4v) is 1.97. The number of carbonyl (C=O) groups excluding carboxylic acids is 1. The summed E-state index contributed by atoms with van der Waals surface area (Å²) in [5, 5.41) is 8.74. The molecule has 1 atom stereocenters. The summed E-state index contributed by atoms with van der Waals surface area (Å²) in [5.41, 5.74) is 0. The van der Waals surface area contributed by atoms with E-state index in [-0.39, 0.29) is 5.91 Å². The van der Waals surface area contributed by atoms with Gasteiger partial charge in [-0.25, -0.2) is 4.79 Å². The van der Waals surface area contributed by atoms with E-state index in [9.17, 15) is 9.59 Å². The smallest absolute Gasteiger partial charge is 0.326 e. The van der Waals surface area contributed by atoms with Gasteiger partial charge in [0, 0.05) is 7.05 Å². The third-order valence-electron chi connectivity index (χ3n) is 2.04. The molecule has 0 fully saturated rings. The average molecular weight is 248 g/mol. The van der Waals surface area contributed by atoms with E-state index in [1.54, 1.807) is 12.1 Å². The summed E-state index contributed by atoms with van der Waals surface area (Å²) in [4.78, 5) is 24.0. The summed E-state index contributed by atoms with van der Waals surface area (Å²) in [5.74, 6) is -1.37. The lowest BCUT2D eigenvalue weighted by atomic mass is 10.3. The first-order valence-corrected chi connectivity index (χ1v) is 5.38. The third kappa shape index (κ3) is 2.70. The second-order valence-corrected chi connectivity index (χ2v) is 4.75. The number of halogens is 1. The van der Waals surface area contributed by atoms with Gasteiger partial charge < -0.3 is 10.0 Å². The van der Waals surface area contributed by atoms with Crippen molar-refractivity contribution in [2.75, 3.05) is 7.05 Å². The van der Waals surface area contributed by atoms with E-state index < -0.39 is 12.0 Å². The fourth-order valence-electron chi connectivity index (χ4n) is 0.945. The van der Waals surface area contributed by atoms with E-state index >= 15 is 0 Å². The molecular formula is C9H10ClNO3S. The number of carboxylic acid groups (broad SMARTS) is 1. The number of likely N-dealkylation sites (N-methyl/N-ethyl adjacent to an activating group) is 1. The van der Waals surface area contributed by atoms with Crippen LogP contribution >= 0.6 is 22.9 Å². The van der Waals surface area contributed by atoms with Crippen LogP contribution in [0.4, 0.5) is 0 Å². The minimum atomic E-state index is -1.03. The number of carboxylic acids is 1. The Hall–Kier alpha value is -1.07. The molecule has 0 radical (unpaired) electrons. The highest BCUT2D eigenvalue weighted by Gasteiger charge is 2.23. The number of carbonyl (C=O) groups is 2. The van der Waals surface area contributed by atoms with Crippen LogP contribution in [-0.4, -0.2) is 35.0 Å². The van der Waals surface area contributed by atoms with Crippen LogP contribution in [0.15, 0.2) is 12.1 Å². The largest absolute Gasteiger partial charge is 0.480 e. The van der Waals surface area contributed by atoms with Gasteiger partial charge in [-0.1, -0.05) is 11.6 Å². The van der Waals surface area contributed by atoms with Crippen LogP contribution in [0.5, 0.6) is 0 Å². The zero-order chi connectivity index (χ0) is 11.6. The molecule has 1 amide bonds. The van der Waals surface area contributed by atoms with Gasteiger partial charge in [0.1, 0.15) is 6.04 Å². The summed E-state index contributed by atoms with van der Waals surface area (Å²) in [6.45, 7) is 1.45. The highest BCUT2D eigenvalue weighted by molar-refractivity contribution is 7.17. The van der Waals surface area contributed by atoms with E-state index in [4.69, 9.17) is 16.7 Å². The summed E-state index contributed by atoms with van der Waals surface area (Å²) in [6.07, 6.45) is 0. The maximum absolute atomic E-state index is 11.7. The molecule has 82 valence electrons. The summed E-state index contributed by atoms with van der Waals surface area (Å²) < 4.78 is 0.509. The number of hydrogen-bond donors (Lipinski definition) is 1. The van der Waals surface area contributed by atoms with Crippen LogP contribution in [0.3, 0.4) is 0 Å². The van der Waals surface area contributed by atoms with Gasteiger partial charge >= 0.3 is 5.97 Å². The van der Waals surface area contributed by atoms with E-state index in [2.05, 4.69) is 0 Å². The highest BCUT2D eigenvalue weighted by atomic mass is 35.5. The van der Waals surface area contributed by atoms with E-state index in [1.807, 2.05) is 0 Å². The van der Waals surface area contributed by atoms with Gasteiger partial charge in [-0.05, 0) is 19.1 Å². The summed E-state index contributed by atoms with van der Waals surface area (Å²) >= 11 is 6.82. The zero-order valence-corrected chi connectivity index (χ0v) is 9.80. The standard InChI is InChI=1S/C9H10ClNO3S/c1-5(9(13)14)11(2)8(12)6-3-4-7(10)15-6/h3-5H,1-2H3,(H,13,14). The number of nitrogens with zero attached hydrogens (tertiary/aromatic N) is 1. The van der Waals surface area contributed by atoms with Gasteiger partial charge in [-0.2, -0.15) is 0 Å². The Balaban J connectivity index is 2.81. The number of rotatable bonds is 3. The van der Waals surface area contributed by atoms with E-state index in [1.165, 1.54) is 18.9 Å². The molecule has 1 heterocycles. The van der Waals surface area contributed by atoms with Crippen molar-refractivity contribution in [1.82, 2.24) is 4.90 Å². The van der Waals surface area contributed by atoms with Gasteiger partial charge in [0.2, 0.25) is 0 Å². The molecule has 1 aromatic heterocycles. The molecule has 1 unspecified atom stereocenters. The Morgan fingerprint density at radius 1 is 1.53 bits per heavy atom. The SMILES string of the molecule is CC(C(=O)O)N(C)C(=O)c1ccc(Cl)s1. The molecule has 1 N–H and O–H groups in total. The molecule has 0 aromatic carbocycles. The molecule has 1 rings (SSSR count). The minimum Gasteiger partial charge on any atom is -0.480 e. The molecule has 1 aromatic rings. The quantitative estimate of drug-likeness (QED) is 0.888. The fraction of sp³-hybridized carbons (Fsp3) is 0.333. The minimum absolute atomic E-state index is 0.332. The molecule has 0 spiro atoms. The van der Waals surface area contributed by atoms with Crippen LogP contribution in [0.2, 0.25) is 4.34 Å². The first-order valence-electron chi connectivity index (χ1n) is 4.18. The summed E-state index contributed by atoms with van der Waals surface area (Å²) in [7, 11) is 1.45. The Morgan fingerprint density at radius 2 is 2.13 bits per heavy atom. The topological polar surface area (TPSA) is 57.6 Å². The molecule has 0 aliphatic rings. The highest BCUT2D eigenvalue weighted by Crippen LogP contribution is 2.22. The Bertz CT molecular complexity index is 390. The van der Waals surface area contributed by atoms with Crippen LogP contribution in [0.1, 0.15) is 16.6 Å². The first kappa shape index (κ1) is 12.0. The molecule has 6 heteroatoms. The van der Waals surface area contributed by atoms with Crippen molar-refractivity contribution in [3.63, 3.8) is 0 Å². The Labute approximate surface area is 96.1 Å². The van der Waals surface area contributed by atoms with Crippen molar-refractivity contribution < 1.29 is 14.7 Å². The van der Waals surface area contributed by atoms with Crippen molar-refractivity contribution in [2.45, 2.75) is 13.0 Å². The van der Waals surface area contributed by atoms with Crippen LogP contribution < -0.4 is 0 Å². The molecule has 0 saturated carbocycles. The third-order valence-corrected chi connectivity index (χ3v) is 3.26. The van der Waals surface area contributed by atoms with Gasteiger partial charge in [-0.15, -0.1) is 11.3 Å². The molecular weight excluding hydrogens is 238 g/mol. The average Bonchev–Trinajstić information content (AvgIpc) is 2.61. The van der Waals surface area contributed by atoms with Crippen molar-refractivity contribution >= 4 is 34.8 Å². The Kier molecular flexibility index (Phi) is 3.71. The molecule has 0 bridgehead atoms. The van der Waals surface area contributed by atoms with E-state index in [0.717, 1.165) is 11.3 Å². The second kappa shape index (κ2) is 4.63. The Morgan fingerprint density at radius 3 is 2.53 bits per heavy atom. The van der Waals surface area contributed by atoms with Crippen LogP contribution in [-0.2, 0) is 4.79 Å². The predicted molar refractivity (Wildman–Crippen MR) is 58.5 cm³/mol. The molecule has 0 aliphatic heterocycles. The van der Waals surface area contributed by atoms with E-state index in [0.29, 0.717) is 9.21 Å². The van der Waals surface area contributed by atoms with Crippen molar-refractivity contribution in [3.05, 3.63) is 21.3 Å². The maximum atomic E-state index is 11.7. The lowest BCUT2D eigenvalue weighted by Crippen LogP contribution is -2.39. The lowest BCUT2D eigenvalue weighted by Gasteiger charge is -2.20. The zero-order valence-electron chi connectivity index (χ0n) is 8.23. The molecule has 15 heavy (non-hydrogen) atoms. The van der Waals surface area contributed by atoms with Crippen molar-refractivity contribution in [2.24, 2.45) is 0 Å². The number of hydrogen-bond acceptors (Lipinski definition) is 3. The first-order chi connectivity index (χ1) is 6.93. The predicted octanol–water partition coefficient (Wildman–Crippen LogP) is 1.95. The second-order valence-electron chi connectivity index (χ2n) is 3.03. The molecule has 4 nitrogen and oxygen atoms in total. The monoisotopic (exact) mass is 247 g/mol. The van der Waals surface area contributed by atoms with Gasteiger partial charge in [0.25, 0.3) is 5.91 Å². The normalized spacial score (nSPS) is 12.2. The lowest BCUT2D eigenvalue weighted by molar-refractivity contribution is -0.141. The summed E-state index contributed by atoms with van der Waals surface area (Å²) in [6, 6.07) is 2.34. The molecule has 0 saturated heterocycles. The maximum Gasteiger partial charge on any atom is 0.326 e. The van der Waals surface area contributed by atoms with Crippen molar-refractivity contribution in [3.8, 4) is 0 Å². The van der Waals surface area contributed by atoms with Gasteiger partial charge in [0.05, 0.1) is 9.21 Å². The number of amides is 1. The van der Waals surface area contributed by atoms with Crippen molar-refractivity contribution in [1.29, 1.82) is 0 Å². The number of aliphatic carboxylic acids is 1. The van der Waals surface area contributed by atoms with Gasteiger partial charge in [-0.3, -0.25) is 4.79 Å².